The fourth-order valence-electron chi connectivity index (χ4n) is 7.46. The Morgan fingerprint density at radius 1 is 0.750 bits per heavy atom. The van der Waals surface area contributed by atoms with Gasteiger partial charge in [-0.05, 0) is 80.0 Å². The molecule has 0 radical (unpaired) electrons. The maximum absolute atomic E-state index is 11.5. The molecule has 0 N–H and O–H groups in total. The molecule has 4 aliphatic rings. The van der Waals surface area contributed by atoms with Gasteiger partial charge in [0.15, 0.2) is 0 Å². The minimum atomic E-state index is -0.460. The molecule has 206 valence electrons. The first-order valence-electron chi connectivity index (χ1n) is 13.5. The molecule has 4 aromatic rings. The number of hydrogen-bond donors (Lipinski definition) is 0. The Morgan fingerprint density at radius 2 is 1.30 bits per heavy atom. The number of nitro groups is 2. The lowest BCUT2D eigenvalue weighted by Gasteiger charge is -2.54. The number of hydrogen-bond acceptors (Lipinski definition) is 8. The molecule has 4 fully saturated rings. The maximum Gasteiger partial charge on any atom is 0.299 e. The van der Waals surface area contributed by atoms with Gasteiger partial charge in [0, 0.05) is 28.6 Å². The normalized spacial score (nSPS) is 24.4. The zero-order valence-corrected chi connectivity index (χ0v) is 22.4. The summed E-state index contributed by atoms with van der Waals surface area (Å²) in [5, 5.41) is 23.8. The van der Waals surface area contributed by atoms with E-state index < -0.39 is 4.92 Å². The molecule has 10 heteroatoms. The Kier molecular flexibility index (Phi) is 6.69. The molecular weight excluding hydrogens is 512 g/mol. The Labute approximate surface area is 230 Å². The monoisotopic (exact) mass is 542 g/mol. The van der Waals surface area contributed by atoms with Crippen LogP contribution < -0.4 is 9.47 Å². The van der Waals surface area contributed by atoms with Gasteiger partial charge in [-0.2, -0.15) is 0 Å². The SMILES string of the molecule is COc1cc([N+](=O)[O-])c2nc(C3C4CC5CC(C4)CC3C5)ccc2c1.COc1cc([N+](=O)[O-])c2ncccc2c1. The van der Waals surface area contributed by atoms with Crippen LogP contribution in [0.2, 0.25) is 0 Å². The number of non-ortho nitro benzene ring substituents is 2. The third kappa shape index (κ3) is 4.67. The molecule has 10 nitrogen and oxygen atoms in total. The third-order valence-corrected chi connectivity index (χ3v) is 8.86. The molecule has 2 heterocycles. The molecular formula is C30H30N4O6. The topological polar surface area (TPSA) is 131 Å². The van der Waals surface area contributed by atoms with E-state index in [1.807, 2.05) is 12.1 Å². The van der Waals surface area contributed by atoms with E-state index in [4.69, 9.17) is 14.5 Å². The van der Waals surface area contributed by atoms with Crippen molar-refractivity contribution in [1.29, 1.82) is 0 Å². The summed E-state index contributed by atoms with van der Waals surface area (Å²) < 4.78 is 10.2. The molecule has 2 aromatic heterocycles. The average Bonchev–Trinajstić information content (AvgIpc) is 2.95. The van der Waals surface area contributed by atoms with E-state index in [1.165, 1.54) is 64.7 Å². The van der Waals surface area contributed by atoms with Gasteiger partial charge >= 0.3 is 0 Å². The minimum Gasteiger partial charge on any atom is -0.496 e. The minimum absolute atomic E-state index is 0.0371. The zero-order valence-electron chi connectivity index (χ0n) is 22.4. The van der Waals surface area contributed by atoms with E-state index in [2.05, 4.69) is 11.1 Å². The molecule has 4 saturated carbocycles. The summed E-state index contributed by atoms with van der Waals surface area (Å²) in [5.41, 5.74) is 1.94. The van der Waals surface area contributed by atoms with Crippen LogP contribution in [0.5, 0.6) is 11.5 Å². The Morgan fingerprint density at radius 3 is 1.85 bits per heavy atom. The number of nitro benzene ring substituents is 2. The van der Waals surface area contributed by atoms with Crippen molar-refractivity contribution in [2.75, 3.05) is 14.2 Å². The summed E-state index contributed by atoms with van der Waals surface area (Å²) >= 11 is 0. The Bertz CT molecular complexity index is 1600. The lowest BCUT2D eigenvalue weighted by Crippen LogP contribution is -2.44. The van der Waals surface area contributed by atoms with E-state index in [0.717, 1.165) is 34.8 Å². The van der Waals surface area contributed by atoms with E-state index in [0.29, 0.717) is 33.8 Å². The van der Waals surface area contributed by atoms with Crippen molar-refractivity contribution in [1.82, 2.24) is 9.97 Å². The summed E-state index contributed by atoms with van der Waals surface area (Å²) in [6, 6.07) is 14.0. The van der Waals surface area contributed by atoms with Crippen LogP contribution in [0.3, 0.4) is 0 Å². The lowest BCUT2D eigenvalue weighted by atomic mass is 9.51. The molecule has 2 aromatic carbocycles. The first-order valence-corrected chi connectivity index (χ1v) is 13.5. The van der Waals surface area contributed by atoms with Gasteiger partial charge in [-0.25, -0.2) is 9.97 Å². The lowest BCUT2D eigenvalue weighted by molar-refractivity contribution is -0.383. The second kappa shape index (κ2) is 10.3. The van der Waals surface area contributed by atoms with Crippen molar-refractivity contribution in [3.8, 4) is 11.5 Å². The van der Waals surface area contributed by atoms with E-state index >= 15 is 0 Å². The van der Waals surface area contributed by atoms with Gasteiger partial charge in [0.25, 0.3) is 11.4 Å². The third-order valence-electron chi connectivity index (χ3n) is 8.86. The van der Waals surface area contributed by atoms with Crippen LogP contribution in [0.1, 0.15) is 43.7 Å². The average molecular weight is 543 g/mol. The van der Waals surface area contributed by atoms with Gasteiger partial charge in [-0.15, -0.1) is 0 Å². The molecule has 0 unspecified atom stereocenters. The molecule has 40 heavy (non-hydrogen) atoms. The van der Waals surface area contributed by atoms with E-state index in [1.54, 1.807) is 18.2 Å². The maximum atomic E-state index is 11.5. The van der Waals surface area contributed by atoms with Crippen LogP contribution in [-0.4, -0.2) is 34.0 Å². The molecule has 0 aliphatic heterocycles. The van der Waals surface area contributed by atoms with Gasteiger partial charge in [0.2, 0.25) is 0 Å². The van der Waals surface area contributed by atoms with Gasteiger partial charge in [-0.3, -0.25) is 20.2 Å². The predicted molar refractivity (Wildman–Crippen MR) is 150 cm³/mol. The van der Waals surface area contributed by atoms with Crippen LogP contribution >= 0.6 is 0 Å². The highest BCUT2D eigenvalue weighted by atomic mass is 16.6. The van der Waals surface area contributed by atoms with Crippen molar-refractivity contribution in [2.24, 2.45) is 23.7 Å². The molecule has 0 saturated heterocycles. The van der Waals surface area contributed by atoms with Crippen LogP contribution in [0.25, 0.3) is 21.8 Å². The summed E-state index contributed by atoms with van der Waals surface area (Å²) in [4.78, 5) is 30.3. The summed E-state index contributed by atoms with van der Waals surface area (Å²) in [5.74, 6) is 4.72. The van der Waals surface area contributed by atoms with E-state index in [-0.39, 0.29) is 16.3 Å². The molecule has 0 spiro atoms. The number of nitrogens with zero attached hydrogens (tertiary/aromatic N) is 4. The first kappa shape index (κ1) is 25.9. The number of fused-ring (bicyclic) bond motifs is 2. The second-order valence-corrected chi connectivity index (χ2v) is 11.1. The van der Waals surface area contributed by atoms with E-state index in [9.17, 15) is 20.2 Å². The highest BCUT2D eigenvalue weighted by Gasteiger charge is 2.49. The summed E-state index contributed by atoms with van der Waals surface area (Å²) in [6.07, 6.45) is 8.24. The molecule has 0 amide bonds. The van der Waals surface area contributed by atoms with Crippen molar-refractivity contribution >= 4 is 33.2 Å². The van der Waals surface area contributed by atoms with Crippen molar-refractivity contribution < 1.29 is 19.3 Å². The molecule has 0 atom stereocenters. The second-order valence-electron chi connectivity index (χ2n) is 11.1. The summed E-state index contributed by atoms with van der Waals surface area (Å²) in [6.45, 7) is 0. The quantitative estimate of drug-likeness (QED) is 0.198. The fraction of sp³-hybridized carbons (Fsp3) is 0.400. The van der Waals surface area contributed by atoms with Gasteiger partial charge < -0.3 is 9.47 Å². The molecule has 8 rings (SSSR count). The van der Waals surface area contributed by atoms with Crippen LogP contribution in [0.15, 0.2) is 54.7 Å². The van der Waals surface area contributed by atoms with Crippen LogP contribution in [0.4, 0.5) is 11.4 Å². The highest BCUT2D eigenvalue weighted by Crippen LogP contribution is 2.59. The number of rotatable bonds is 5. The van der Waals surface area contributed by atoms with Gasteiger partial charge in [0.1, 0.15) is 22.5 Å². The summed E-state index contributed by atoms with van der Waals surface area (Å²) in [7, 11) is 3.00. The largest absolute Gasteiger partial charge is 0.496 e. The molecule has 4 aliphatic carbocycles. The number of pyridine rings is 2. The van der Waals surface area contributed by atoms with Crippen molar-refractivity contribution in [3.05, 3.63) is 80.7 Å². The van der Waals surface area contributed by atoms with Gasteiger partial charge in [0.05, 0.1) is 36.2 Å². The zero-order chi connectivity index (χ0) is 28.0. The number of ether oxygens (including phenoxy) is 2. The van der Waals surface area contributed by atoms with Crippen molar-refractivity contribution in [2.45, 2.75) is 38.0 Å². The van der Waals surface area contributed by atoms with Crippen LogP contribution in [-0.2, 0) is 0 Å². The van der Waals surface area contributed by atoms with Crippen molar-refractivity contribution in [3.63, 3.8) is 0 Å². The predicted octanol–water partition coefficient (Wildman–Crippen LogP) is 6.84. The Balaban J connectivity index is 0.000000165. The number of aromatic nitrogens is 2. The first-order chi connectivity index (χ1) is 19.3. The molecule has 4 bridgehead atoms. The fourth-order valence-corrected chi connectivity index (χ4v) is 7.46. The Hall–Kier alpha value is -4.34. The highest BCUT2D eigenvalue weighted by molar-refractivity contribution is 5.89. The smallest absolute Gasteiger partial charge is 0.299 e. The van der Waals surface area contributed by atoms with Crippen LogP contribution in [0, 0.1) is 43.9 Å². The number of methoxy groups -OCH3 is 2. The van der Waals surface area contributed by atoms with Gasteiger partial charge in [-0.1, -0.05) is 12.1 Å². The number of benzene rings is 2. The standard InChI is InChI=1S/C20H22N2O3.C10H8N2O3/c1-25-16-9-13-2-3-17(21-20(13)18(10-16)22(23)24)19-14-5-11-4-12(7-14)8-15(19)6-11;1-15-8-5-7-3-2-4-11-10(7)9(6-8)12(13)14/h2-3,9-12,14-15,19H,4-8H2,1H3;2-6H,1H3.